The number of benzene rings is 2. The first-order chi connectivity index (χ1) is 32.8. The minimum absolute atomic E-state index is 0.0304. The Kier molecular flexibility index (Phi) is 15.7. The molecule has 0 bridgehead atoms. The average Bonchev–Trinajstić information content (AvgIpc) is 3.79. The molecule has 2 saturated heterocycles. The first kappa shape index (κ1) is 53.0. The van der Waals surface area contributed by atoms with Gasteiger partial charge in [0.15, 0.2) is 0 Å². The molecule has 24 heteroatoms. The molecule has 0 atom stereocenters. The highest BCUT2D eigenvalue weighted by Gasteiger charge is 2.43. The molecule has 1 aliphatic carbocycles. The summed E-state index contributed by atoms with van der Waals surface area (Å²) in [5.41, 5.74) is 5.62. The summed E-state index contributed by atoms with van der Waals surface area (Å²) in [7, 11) is -13.1. The van der Waals surface area contributed by atoms with Crippen molar-refractivity contribution in [3.63, 3.8) is 0 Å². The molecule has 3 fully saturated rings. The summed E-state index contributed by atoms with van der Waals surface area (Å²) < 4.78 is 108. The van der Waals surface area contributed by atoms with Gasteiger partial charge in [-0.1, -0.05) is 44.9 Å². The fourth-order valence-electron chi connectivity index (χ4n) is 10.0. The van der Waals surface area contributed by atoms with Gasteiger partial charge in [0.05, 0.1) is 34.4 Å². The molecule has 2 aromatic carbocycles. The summed E-state index contributed by atoms with van der Waals surface area (Å²) >= 11 is 0.802. The predicted molar refractivity (Wildman–Crippen MR) is 257 cm³/mol. The molecule has 0 spiro atoms. The van der Waals surface area contributed by atoms with E-state index in [9.17, 15) is 53.3 Å². The van der Waals surface area contributed by atoms with Gasteiger partial charge < -0.3 is 14.6 Å². The Balaban J connectivity index is 1.32. The Labute approximate surface area is 411 Å². The monoisotopic (exact) mass is 1050 g/mol. The number of fused-ring (bicyclic) bond motifs is 2. The SMILES string of the molecule is CC1(C)/C(=C/C=C2\CCC/C(=C\C=C3/N(CCCS(=O)(=O)O)c4ccc(S(=O)(=O)O)cc4C3(C)C)C2=[N+]2CCC(C(=O)ON3C(=O)CCC3=O)CC2)N(CCCS(=O)(=O)O)c2ccc(SOOO)cc21. The number of hydroxylamine groups is 2. The predicted octanol–water partition coefficient (Wildman–Crippen LogP) is 6.09. The summed E-state index contributed by atoms with van der Waals surface area (Å²) in [4.78, 5) is 47.4. The van der Waals surface area contributed by atoms with Gasteiger partial charge in [-0.3, -0.25) is 23.2 Å². The molecule has 0 radical (unpaired) electrons. The van der Waals surface area contributed by atoms with Gasteiger partial charge in [0.1, 0.15) is 13.1 Å². The largest absolute Gasteiger partial charge is 0.344 e. The Bertz CT molecular complexity index is 2930. The second kappa shape index (κ2) is 20.8. The van der Waals surface area contributed by atoms with Crippen LogP contribution in [-0.4, -0.2) is 115 Å². The minimum Gasteiger partial charge on any atom is -0.344 e. The molecule has 2 aromatic rings. The molecule has 70 heavy (non-hydrogen) atoms. The molecule has 5 aliphatic rings. The van der Waals surface area contributed by atoms with Crippen molar-refractivity contribution in [1.29, 1.82) is 0 Å². The molecular weight excluding hydrogens is 993 g/mol. The second-order valence-electron chi connectivity index (χ2n) is 18.8. The summed E-state index contributed by atoms with van der Waals surface area (Å²) in [5, 5.41) is 13.2. The van der Waals surface area contributed by atoms with Crippen LogP contribution in [-0.2, 0) is 69.8 Å². The summed E-state index contributed by atoms with van der Waals surface area (Å²) in [6.45, 7) is 9.01. The van der Waals surface area contributed by atoms with Crippen LogP contribution in [0.2, 0.25) is 0 Å². The Morgan fingerprint density at radius 3 is 1.73 bits per heavy atom. The Morgan fingerprint density at radius 1 is 0.743 bits per heavy atom. The van der Waals surface area contributed by atoms with E-state index in [0.717, 1.165) is 52.3 Å². The number of imide groups is 1. The third kappa shape index (κ3) is 11.8. The number of amides is 2. The molecule has 7 rings (SSSR count). The number of anilines is 2. The molecule has 0 unspecified atom stereocenters. The third-order valence-corrected chi connectivity index (χ3v) is 16.5. The second-order valence-corrected chi connectivity index (χ2v) is 24.2. The number of nitrogens with zero attached hydrogens (tertiary/aromatic N) is 4. The van der Waals surface area contributed by atoms with Gasteiger partial charge in [-0.15, -0.1) is 9.40 Å². The zero-order chi connectivity index (χ0) is 51.0. The lowest BCUT2D eigenvalue weighted by atomic mass is 9.82. The van der Waals surface area contributed by atoms with Crippen LogP contribution in [0.15, 0.2) is 93.0 Å². The lowest BCUT2D eigenvalue weighted by Gasteiger charge is -2.28. The summed E-state index contributed by atoms with van der Waals surface area (Å²) in [5.74, 6) is -3.37. The van der Waals surface area contributed by atoms with Crippen molar-refractivity contribution >= 4 is 77.3 Å². The van der Waals surface area contributed by atoms with Gasteiger partial charge in [-0.25, -0.2) is 14.6 Å². The normalized spacial score (nSPS) is 22.8. The Morgan fingerprint density at radius 2 is 1.24 bits per heavy atom. The van der Waals surface area contributed by atoms with Crippen LogP contribution >= 0.6 is 12.0 Å². The summed E-state index contributed by atoms with van der Waals surface area (Å²) in [6.07, 6.45) is 10.7. The van der Waals surface area contributed by atoms with E-state index in [4.69, 9.17) is 14.4 Å². The van der Waals surface area contributed by atoms with Crippen LogP contribution in [0.4, 0.5) is 11.4 Å². The first-order valence-electron chi connectivity index (χ1n) is 22.7. The van der Waals surface area contributed by atoms with Crippen molar-refractivity contribution in [2.45, 2.75) is 106 Å². The van der Waals surface area contributed by atoms with E-state index in [1.165, 1.54) is 12.1 Å². The fourth-order valence-corrected chi connectivity index (χ4v) is 11.9. The fraction of sp³-hybridized carbons (Fsp3) is 0.478. The van der Waals surface area contributed by atoms with Crippen molar-refractivity contribution in [2.24, 2.45) is 5.92 Å². The molecule has 4 aliphatic heterocycles. The molecule has 2 amide bonds. The van der Waals surface area contributed by atoms with Crippen molar-refractivity contribution in [3.05, 3.63) is 94.4 Å². The van der Waals surface area contributed by atoms with Crippen LogP contribution in [0, 0.1) is 5.92 Å². The van der Waals surface area contributed by atoms with Crippen molar-refractivity contribution in [1.82, 2.24) is 5.06 Å². The average molecular weight is 1050 g/mol. The van der Waals surface area contributed by atoms with E-state index in [2.05, 4.69) is 9.61 Å². The van der Waals surface area contributed by atoms with Crippen LogP contribution in [0.3, 0.4) is 0 Å². The first-order valence-corrected chi connectivity index (χ1v) is 28.1. The maximum atomic E-state index is 13.3. The summed E-state index contributed by atoms with van der Waals surface area (Å²) in [6, 6.07) is 9.75. The zero-order valence-corrected chi connectivity index (χ0v) is 42.3. The molecule has 4 heterocycles. The smallest absolute Gasteiger partial charge is 0.336 e. The van der Waals surface area contributed by atoms with Crippen molar-refractivity contribution < 1.29 is 77.3 Å². The van der Waals surface area contributed by atoms with E-state index in [1.807, 2.05) is 73.9 Å². The van der Waals surface area contributed by atoms with Crippen molar-refractivity contribution in [2.75, 3.05) is 47.5 Å². The van der Waals surface area contributed by atoms with Gasteiger partial charge in [0, 0.05) is 88.4 Å². The topological polar surface area (TPSA) is 275 Å². The molecule has 0 aromatic heterocycles. The highest BCUT2D eigenvalue weighted by atomic mass is 32.2. The van der Waals surface area contributed by atoms with Crippen LogP contribution in [0.5, 0.6) is 0 Å². The van der Waals surface area contributed by atoms with Gasteiger partial charge in [-0.05, 0) is 91.8 Å². The number of piperidine rings is 1. The van der Waals surface area contributed by atoms with Crippen LogP contribution < -0.4 is 9.80 Å². The van der Waals surface area contributed by atoms with E-state index in [0.29, 0.717) is 65.7 Å². The van der Waals surface area contributed by atoms with Gasteiger partial charge >= 0.3 is 5.97 Å². The highest BCUT2D eigenvalue weighted by molar-refractivity contribution is 7.94. The van der Waals surface area contributed by atoms with Crippen LogP contribution in [0.25, 0.3) is 0 Å². The van der Waals surface area contributed by atoms with Gasteiger partial charge in [0.25, 0.3) is 42.2 Å². The highest BCUT2D eigenvalue weighted by Crippen LogP contribution is 2.50. The van der Waals surface area contributed by atoms with Gasteiger partial charge in [-0.2, -0.15) is 25.3 Å². The number of hydrogen-bond donors (Lipinski definition) is 4. The number of allylic oxidation sites excluding steroid dienone is 8. The van der Waals surface area contributed by atoms with Crippen molar-refractivity contribution in [3.8, 4) is 0 Å². The Hall–Kier alpha value is -4.76. The zero-order valence-electron chi connectivity index (χ0n) is 39.1. The quantitative estimate of drug-likeness (QED) is 0.0370. The van der Waals surface area contributed by atoms with E-state index < -0.39 is 76.4 Å². The molecule has 20 nitrogen and oxygen atoms in total. The third-order valence-electron chi connectivity index (χ3n) is 13.5. The van der Waals surface area contributed by atoms with Gasteiger partial charge in [0.2, 0.25) is 5.71 Å². The minimum atomic E-state index is -4.58. The standard InChI is InChI=1S/C46H56N4O16S4/c1-45(2)35-28-33(67-66-65-54)12-14-37(35)48(22-6-26-68(55,56)57)39(45)16-10-30-8-5-9-31(43(30)47-24-20-32(21-25-47)44(53)64-50-41(51)18-19-42(50)52)11-17-40-46(3,4)36-29-34(70(61,62)63)13-15-38(36)49(40)23-7-27-69(58,59)60/h10-17,28-29,32H,5-9,18-27H2,1-4H3,(H3-,54,55,56,57,58,59,60,61,62,63)/p+1. The lowest BCUT2D eigenvalue weighted by molar-refractivity contribution is -0.539. The maximum absolute atomic E-state index is 13.3. The van der Waals surface area contributed by atoms with E-state index in [1.54, 1.807) is 12.1 Å². The molecular formula is C46H57N4O16S4+. The number of carbonyl (C=O) groups is 3. The van der Waals surface area contributed by atoms with E-state index in [-0.39, 0.29) is 43.7 Å². The molecule has 1 saturated carbocycles. The van der Waals surface area contributed by atoms with Crippen LogP contribution in [0.1, 0.15) is 96.6 Å². The van der Waals surface area contributed by atoms with E-state index >= 15 is 0 Å². The number of hydrogen-bond acceptors (Lipinski definition) is 16. The molecule has 380 valence electrons. The lowest BCUT2D eigenvalue weighted by Crippen LogP contribution is -2.39. The molecule has 4 N–H and O–H groups in total. The number of carbonyl (C=O) groups excluding carboxylic acids is 3. The maximum Gasteiger partial charge on any atom is 0.336 e. The number of rotatable bonds is 16.